The van der Waals surface area contributed by atoms with Crippen molar-refractivity contribution in [1.82, 2.24) is 4.57 Å². The van der Waals surface area contributed by atoms with E-state index in [1.165, 1.54) is 17.4 Å². The van der Waals surface area contributed by atoms with Crippen molar-refractivity contribution >= 4 is 61.0 Å². The number of carbonyl (C=O) groups is 1. The maximum absolute atomic E-state index is 12.3. The number of fused-ring (bicyclic) bond motifs is 1. The van der Waals surface area contributed by atoms with Crippen molar-refractivity contribution in [3.63, 3.8) is 0 Å². The molecule has 10 heteroatoms. The fraction of sp³-hybridized carbons (Fsp3) is 0.200. The van der Waals surface area contributed by atoms with Gasteiger partial charge < -0.3 is 8.98 Å². The van der Waals surface area contributed by atoms with Crippen LogP contribution in [0.1, 0.15) is 10.6 Å². The van der Waals surface area contributed by atoms with Gasteiger partial charge in [-0.15, -0.1) is 0 Å². The van der Waals surface area contributed by atoms with E-state index in [0.717, 1.165) is 26.5 Å². The molecule has 0 aliphatic rings. The monoisotopic (exact) mass is 441 g/mol. The predicted molar refractivity (Wildman–Crippen MR) is 101 cm³/mol. The molecule has 0 aliphatic carbocycles. The van der Waals surface area contributed by atoms with Crippen molar-refractivity contribution in [2.24, 2.45) is 4.99 Å². The first kappa shape index (κ1) is 17.9. The van der Waals surface area contributed by atoms with E-state index < -0.39 is 16.7 Å². The van der Waals surface area contributed by atoms with Crippen LogP contribution >= 0.6 is 39.0 Å². The van der Waals surface area contributed by atoms with Gasteiger partial charge in [0.25, 0.3) is 0 Å². The Labute approximate surface area is 158 Å². The largest absolute Gasteiger partial charge is 0.433 e. The normalized spacial score (nSPS) is 12.0. The summed E-state index contributed by atoms with van der Waals surface area (Å²) in [4.78, 5) is 27.0. The van der Waals surface area contributed by atoms with Gasteiger partial charge in [-0.25, -0.2) is 0 Å². The highest BCUT2D eigenvalue weighted by molar-refractivity contribution is 9.10. The summed E-state index contributed by atoms with van der Waals surface area (Å²) in [7, 11) is 0. The first-order chi connectivity index (χ1) is 12.0. The van der Waals surface area contributed by atoms with E-state index in [-0.39, 0.29) is 5.76 Å². The van der Waals surface area contributed by atoms with Gasteiger partial charge >= 0.3 is 11.8 Å². The van der Waals surface area contributed by atoms with Crippen molar-refractivity contribution in [1.29, 1.82) is 0 Å². The number of aryl methyl sites for hydroxylation is 1. The number of aromatic nitrogens is 1. The van der Waals surface area contributed by atoms with Gasteiger partial charge in [0, 0.05) is 16.8 Å². The fourth-order valence-corrected chi connectivity index (χ4v) is 4.19. The Balaban J connectivity index is 2.07. The second kappa shape index (κ2) is 7.54. The Bertz CT molecular complexity index is 1020. The van der Waals surface area contributed by atoms with E-state index in [9.17, 15) is 14.9 Å². The van der Waals surface area contributed by atoms with Gasteiger partial charge in [-0.2, -0.15) is 16.8 Å². The zero-order chi connectivity index (χ0) is 18.0. The van der Waals surface area contributed by atoms with Crippen LogP contribution in [0, 0.1) is 10.1 Å². The molecule has 0 atom stereocenters. The first-order valence-electron chi connectivity index (χ1n) is 7.10. The number of hydrogen-bond donors (Lipinski definition) is 0. The lowest BCUT2D eigenvalue weighted by atomic mass is 10.3. The summed E-state index contributed by atoms with van der Waals surface area (Å²) in [6.45, 7) is 0.702. The van der Waals surface area contributed by atoms with E-state index >= 15 is 0 Å². The zero-order valence-electron chi connectivity index (χ0n) is 13.0. The van der Waals surface area contributed by atoms with Crippen LogP contribution in [0.2, 0.25) is 0 Å². The molecule has 0 unspecified atom stereocenters. The lowest BCUT2D eigenvalue weighted by molar-refractivity contribution is -0.402. The number of rotatable bonds is 5. The minimum Gasteiger partial charge on any atom is -0.395 e. The van der Waals surface area contributed by atoms with Crippen LogP contribution in [0.5, 0.6) is 0 Å². The molecule has 7 nitrogen and oxygen atoms in total. The Morgan fingerprint density at radius 1 is 1.44 bits per heavy atom. The Morgan fingerprint density at radius 3 is 2.92 bits per heavy atom. The molecule has 3 aromatic rings. The Hall–Kier alpha value is -1.91. The molecule has 130 valence electrons. The van der Waals surface area contributed by atoms with Gasteiger partial charge in [0.05, 0.1) is 16.3 Å². The number of thioether (sulfide) groups is 1. The van der Waals surface area contributed by atoms with Gasteiger partial charge in [0.1, 0.15) is 4.92 Å². The second-order valence-electron chi connectivity index (χ2n) is 4.95. The number of benzene rings is 1. The number of nitro groups is 1. The number of hydrogen-bond acceptors (Lipinski definition) is 6. The number of nitrogens with zero attached hydrogens (tertiary/aromatic N) is 3. The molecule has 0 N–H and O–H groups in total. The SMILES string of the molecule is CSCCn1c(=NC(=O)c2ccc([N+](=O)[O-])o2)sc2cc(Br)ccc21. The third kappa shape index (κ3) is 3.86. The molecule has 0 saturated carbocycles. The highest BCUT2D eigenvalue weighted by Gasteiger charge is 2.17. The molecular formula is C15H12BrN3O4S2. The summed E-state index contributed by atoms with van der Waals surface area (Å²) in [5, 5.41) is 10.7. The number of thiazole rings is 1. The molecule has 25 heavy (non-hydrogen) atoms. The quantitative estimate of drug-likeness (QED) is 0.439. The summed E-state index contributed by atoms with van der Waals surface area (Å²) in [6.07, 6.45) is 2.01. The molecule has 0 saturated heterocycles. The molecule has 0 aliphatic heterocycles. The summed E-state index contributed by atoms with van der Waals surface area (Å²) in [5.41, 5.74) is 0.985. The average Bonchev–Trinajstić information content (AvgIpc) is 3.17. The van der Waals surface area contributed by atoms with Crippen molar-refractivity contribution < 1.29 is 14.1 Å². The van der Waals surface area contributed by atoms with E-state index in [4.69, 9.17) is 4.42 Å². The van der Waals surface area contributed by atoms with Crippen LogP contribution in [0.4, 0.5) is 5.88 Å². The fourth-order valence-electron chi connectivity index (χ4n) is 2.21. The lowest BCUT2D eigenvalue weighted by Gasteiger charge is -2.03. The van der Waals surface area contributed by atoms with Crippen molar-refractivity contribution in [3.8, 4) is 0 Å². The van der Waals surface area contributed by atoms with Crippen LogP contribution in [-0.4, -0.2) is 27.4 Å². The van der Waals surface area contributed by atoms with Gasteiger partial charge in [0.2, 0.25) is 5.76 Å². The molecule has 0 bridgehead atoms. The maximum Gasteiger partial charge on any atom is 0.433 e. The topological polar surface area (TPSA) is 90.6 Å². The summed E-state index contributed by atoms with van der Waals surface area (Å²) < 4.78 is 8.84. The lowest BCUT2D eigenvalue weighted by Crippen LogP contribution is -2.18. The molecule has 0 fully saturated rings. The summed E-state index contributed by atoms with van der Waals surface area (Å²) >= 11 is 6.52. The molecule has 3 rings (SSSR count). The highest BCUT2D eigenvalue weighted by atomic mass is 79.9. The number of halogens is 1. The van der Waals surface area contributed by atoms with E-state index in [2.05, 4.69) is 20.9 Å². The Morgan fingerprint density at radius 2 is 2.24 bits per heavy atom. The van der Waals surface area contributed by atoms with Crippen LogP contribution in [0.25, 0.3) is 10.2 Å². The minimum absolute atomic E-state index is 0.151. The van der Waals surface area contributed by atoms with Crippen molar-refractivity contribution in [2.45, 2.75) is 6.54 Å². The van der Waals surface area contributed by atoms with Crippen LogP contribution < -0.4 is 4.80 Å². The minimum atomic E-state index is -0.688. The number of carbonyl (C=O) groups excluding carboxylic acids is 1. The molecule has 1 amide bonds. The van der Waals surface area contributed by atoms with Crippen LogP contribution in [0.3, 0.4) is 0 Å². The van der Waals surface area contributed by atoms with Crippen LogP contribution in [-0.2, 0) is 6.54 Å². The number of furan rings is 1. The summed E-state index contributed by atoms with van der Waals surface area (Å²) in [5.74, 6) is -0.400. The van der Waals surface area contributed by atoms with E-state index in [1.807, 2.05) is 29.0 Å². The van der Waals surface area contributed by atoms with Gasteiger partial charge in [-0.3, -0.25) is 14.9 Å². The summed E-state index contributed by atoms with van der Waals surface area (Å²) in [6, 6.07) is 8.28. The smallest absolute Gasteiger partial charge is 0.395 e. The highest BCUT2D eigenvalue weighted by Crippen LogP contribution is 2.23. The Kier molecular flexibility index (Phi) is 5.40. The van der Waals surface area contributed by atoms with Crippen molar-refractivity contribution in [2.75, 3.05) is 12.0 Å². The van der Waals surface area contributed by atoms with E-state index in [0.29, 0.717) is 11.3 Å². The third-order valence-electron chi connectivity index (χ3n) is 3.34. The molecule has 0 spiro atoms. The maximum atomic E-state index is 12.3. The molecule has 2 aromatic heterocycles. The predicted octanol–water partition coefficient (Wildman–Crippen LogP) is 4.07. The zero-order valence-corrected chi connectivity index (χ0v) is 16.2. The standard InChI is InChI=1S/C15H12BrN3O4S2/c1-24-7-6-18-10-3-2-9(16)8-12(10)25-15(18)17-14(20)11-4-5-13(23-11)19(21)22/h2-5,8H,6-7H2,1H3. The second-order valence-corrected chi connectivity index (χ2v) is 7.86. The molecule has 1 aromatic carbocycles. The van der Waals surface area contributed by atoms with Gasteiger partial charge in [-0.1, -0.05) is 27.3 Å². The number of amides is 1. The van der Waals surface area contributed by atoms with Crippen molar-refractivity contribution in [3.05, 3.63) is 55.5 Å². The molecule has 2 heterocycles. The average molecular weight is 442 g/mol. The van der Waals surface area contributed by atoms with E-state index in [1.54, 1.807) is 11.8 Å². The van der Waals surface area contributed by atoms with Crippen LogP contribution in [0.15, 0.2) is 44.2 Å². The van der Waals surface area contributed by atoms with Gasteiger partial charge in [-0.05, 0) is 30.5 Å². The molecular weight excluding hydrogens is 430 g/mol. The third-order valence-corrected chi connectivity index (χ3v) is 5.47. The molecule has 0 radical (unpaired) electrons. The van der Waals surface area contributed by atoms with Gasteiger partial charge in [0.15, 0.2) is 4.80 Å². The first-order valence-corrected chi connectivity index (χ1v) is 10.1.